The fourth-order valence-electron chi connectivity index (χ4n) is 3.32. The summed E-state index contributed by atoms with van der Waals surface area (Å²) in [6.07, 6.45) is 8.96. The Morgan fingerprint density at radius 1 is 1.29 bits per heavy atom. The van der Waals surface area contributed by atoms with E-state index in [-0.39, 0.29) is 5.92 Å². The fourth-order valence-corrected chi connectivity index (χ4v) is 3.32. The van der Waals surface area contributed by atoms with Gasteiger partial charge in [-0.3, -0.25) is 9.78 Å². The van der Waals surface area contributed by atoms with E-state index in [9.17, 15) is 4.79 Å². The van der Waals surface area contributed by atoms with Gasteiger partial charge in [-0.1, -0.05) is 0 Å². The van der Waals surface area contributed by atoms with Crippen molar-refractivity contribution in [3.8, 4) is 0 Å². The van der Waals surface area contributed by atoms with Crippen molar-refractivity contribution in [2.75, 3.05) is 0 Å². The minimum Gasteiger partial charge on any atom is -0.360 e. The lowest BCUT2D eigenvalue weighted by Crippen LogP contribution is -2.12. The molecule has 1 N–H and O–H groups in total. The molecule has 2 aliphatic carbocycles. The van der Waals surface area contributed by atoms with Crippen LogP contribution in [0.3, 0.4) is 0 Å². The third-order valence-corrected chi connectivity index (χ3v) is 4.36. The number of carbonyl (C=O) groups excluding carboxylic acids is 1. The predicted molar refractivity (Wildman–Crippen MR) is 64.7 cm³/mol. The van der Waals surface area contributed by atoms with E-state index >= 15 is 0 Å². The summed E-state index contributed by atoms with van der Waals surface area (Å²) in [5, 5.41) is 0.970. The normalized spacial score (nSPS) is 30.5. The van der Waals surface area contributed by atoms with E-state index in [1.165, 1.54) is 6.42 Å². The van der Waals surface area contributed by atoms with E-state index in [1.807, 2.05) is 12.3 Å². The molecule has 0 bridgehead atoms. The number of aromatic nitrogens is 2. The van der Waals surface area contributed by atoms with Crippen LogP contribution in [-0.4, -0.2) is 15.8 Å². The van der Waals surface area contributed by atoms with Gasteiger partial charge in [0.1, 0.15) is 0 Å². The Kier molecular flexibility index (Phi) is 1.76. The standard InChI is InChI=1S/C14H14N2O/c17-14(10-4-8-3-9(8)5-10)12-7-16-13-1-2-15-6-11(12)13/h1-2,6-10,16H,3-5H2. The molecule has 2 fully saturated rings. The fraction of sp³-hybridized carbons (Fsp3) is 0.429. The topological polar surface area (TPSA) is 45.8 Å². The van der Waals surface area contributed by atoms with Crippen LogP contribution in [0.5, 0.6) is 0 Å². The Hall–Kier alpha value is -1.64. The molecule has 2 aromatic rings. The Bertz CT molecular complexity index is 591. The lowest BCUT2D eigenvalue weighted by Gasteiger charge is -2.09. The Balaban J connectivity index is 1.71. The first-order chi connectivity index (χ1) is 8.33. The van der Waals surface area contributed by atoms with Crippen LogP contribution in [0.15, 0.2) is 24.7 Å². The molecular formula is C14H14N2O. The molecule has 17 heavy (non-hydrogen) atoms. The second-order valence-electron chi connectivity index (χ2n) is 5.41. The Labute approximate surface area is 99.2 Å². The smallest absolute Gasteiger partial charge is 0.168 e. The van der Waals surface area contributed by atoms with E-state index in [4.69, 9.17) is 0 Å². The molecule has 2 saturated carbocycles. The molecule has 4 rings (SSSR count). The predicted octanol–water partition coefficient (Wildman–Crippen LogP) is 2.79. The third-order valence-electron chi connectivity index (χ3n) is 4.36. The van der Waals surface area contributed by atoms with Gasteiger partial charge in [0, 0.05) is 41.0 Å². The molecule has 2 aromatic heterocycles. The highest BCUT2D eigenvalue weighted by Gasteiger charge is 2.48. The van der Waals surface area contributed by atoms with E-state index in [1.54, 1.807) is 12.4 Å². The second kappa shape index (κ2) is 3.19. The summed E-state index contributed by atoms with van der Waals surface area (Å²) in [6, 6.07) is 1.91. The molecule has 3 nitrogen and oxygen atoms in total. The van der Waals surface area contributed by atoms with Crippen molar-refractivity contribution in [2.24, 2.45) is 17.8 Å². The average Bonchev–Trinajstić information content (AvgIpc) is 2.80. The first kappa shape index (κ1) is 9.40. The van der Waals surface area contributed by atoms with Crippen LogP contribution in [-0.2, 0) is 0 Å². The summed E-state index contributed by atoms with van der Waals surface area (Å²) >= 11 is 0. The van der Waals surface area contributed by atoms with Crippen LogP contribution in [0.2, 0.25) is 0 Å². The number of fused-ring (bicyclic) bond motifs is 2. The van der Waals surface area contributed by atoms with E-state index in [0.717, 1.165) is 41.1 Å². The summed E-state index contributed by atoms with van der Waals surface area (Å²) in [5.41, 5.74) is 1.84. The van der Waals surface area contributed by atoms with Crippen LogP contribution in [0.25, 0.3) is 10.9 Å². The van der Waals surface area contributed by atoms with Crippen LogP contribution in [0, 0.1) is 17.8 Å². The number of rotatable bonds is 2. The van der Waals surface area contributed by atoms with E-state index in [0.29, 0.717) is 5.78 Å². The van der Waals surface area contributed by atoms with Gasteiger partial charge in [-0.2, -0.15) is 0 Å². The summed E-state index contributed by atoms with van der Waals surface area (Å²) in [7, 11) is 0. The zero-order valence-corrected chi connectivity index (χ0v) is 9.52. The number of ketones is 1. The molecule has 0 saturated heterocycles. The van der Waals surface area contributed by atoms with Gasteiger partial charge in [0.25, 0.3) is 0 Å². The molecule has 86 valence electrons. The van der Waals surface area contributed by atoms with E-state index in [2.05, 4.69) is 9.97 Å². The van der Waals surface area contributed by atoms with Crippen molar-refractivity contribution in [3.63, 3.8) is 0 Å². The number of carbonyl (C=O) groups is 1. The highest BCUT2D eigenvalue weighted by molar-refractivity contribution is 6.08. The van der Waals surface area contributed by atoms with Crippen molar-refractivity contribution in [2.45, 2.75) is 19.3 Å². The van der Waals surface area contributed by atoms with Crippen LogP contribution in [0.1, 0.15) is 29.6 Å². The molecule has 0 aromatic carbocycles. The van der Waals surface area contributed by atoms with Crippen LogP contribution >= 0.6 is 0 Å². The molecule has 0 amide bonds. The third kappa shape index (κ3) is 1.35. The summed E-state index contributed by atoms with van der Waals surface area (Å²) in [6.45, 7) is 0. The zero-order valence-electron chi connectivity index (χ0n) is 9.52. The van der Waals surface area contributed by atoms with Gasteiger partial charge >= 0.3 is 0 Å². The first-order valence-electron chi connectivity index (χ1n) is 6.28. The monoisotopic (exact) mass is 226 g/mol. The molecule has 0 radical (unpaired) electrons. The molecular weight excluding hydrogens is 212 g/mol. The Morgan fingerprint density at radius 2 is 2.12 bits per heavy atom. The summed E-state index contributed by atoms with van der Waals surface area (Å²) < 4.78 is 0. The molecule has 2 atom stereocenters. The molecule has 0 aliphatic heterocycles. The highest BCUT2D eigenvalue weighted by Crippen LogP contribution is 2.55. The number of pyridine rings is 1. The number of H-pyrrole nitrogens is 1. The van der Waals surface area contributed by atoms with Crippen molar-refractivity contribution in [1.29, 1.82) is 0 Å². The minimum atomic E-state index is 0.262. The van der Waals surface area contributed by atoms with Crippen LogP contribution in [0.4, 0.5) is 0 Å². The summed E-state index contributed by atoms with van der Waals surface area (Å²) in [4.78, 5) is 19.7. The number of nitrogens with one attached hydrogen (secondary N) is 1. The molecule has 2 heterocycles. The second-order valence-corrected chi connectivity index (χ2v) is 5.41. The molecule has 3 heteroatoms. The number of hydrogen-bond acceptors (Lipinski definition) is 2. The maximum atomic E-state index is 12.4. The van der Waals surface area contributed by atoms with Crippen molar-refractivity contribution in [1.82, 2.24) is 9.97 Å². The lowest BCUT2D eigenvalue weighted by atomic mass is 9.93. The highest BCUT2D eigenvalue weighted by atomic mass is 16.1. The average molecular weight is 226 g/mol. The van der Waals surface area contributed by atoms with Gasteiger partial charge in [-0.15, -0.1) is 0 Å². The SMILES string of the molecule is O=C(c1c[nH]c2ccncc12)C1CC2CC2C1. The number of aromatic amines is 1. The van der Waals surface area contributed by atoms with E-state index < -0.39 is 0 Å². The van der Waals surface area contributed by atoms with Crippen LogP contribution < -0.4 is 0 Å². The largest absolute Gasteiger partial charge is 0.360 e. The number of hydrogen-bond donors (Lipinski definition) is 1. The lowest BCUT2D eigenvalue weighted by molar-refractivity contribution is 0.0916. The van der Waals surface area contributed by atoms with Gasteiger partial charge in [0.15, 0.2) is 5.78 Å². The van der Waals surface area contributed by atoms with Gasteiger partial charge in [-0.25, -0.2) is 0 Å². The zero-order chi connectivity index (χ0) is 11.4. The minimum absolute atomic E-state index is 0.262. The molecule has 2 unspecified atom stereocenters. The van der Waals surface area contributed by atoms with Gasteiger partial charge in [0.05, 0.1) is 0 Å². The Morgan fingerprint density at radius 3 is 2.94 bits per heavy atom. The molecule has 0 spiro atoms. The number of nitrogens with zero attached hydrogens (tertiary/aromatic N) is 1. The molecule has 2 aliphatic rings. The maximum absolute atomic E-state index is 12.4. The quantitative estimate of drug-likeness (QED) is 0.800. The van der Waals surface area contributed by atoms with Gasteiger partial charge in [0.2, 0.25) is 0 Å². The van der Waals surface area contributed by atoms with Crippen molar-refractivity contribution in [3.05, 3.63) is 30.2 Å². The first-order valence-corrected chi connectivity index (χ1v) is 6.28. The number of Topliss-reactive ketones (excluding diaryl/α,β-unsaturated/α-hetero) is 1. The maximum Gasteiger partial charge on any atom is 0.168 e. The van der Waals surface area contributed by atoms with Crippen molar-refractivity contribution < 1.29 is 4.79 Å². The van der Waals surface area contributed by atoms with Crippen molar-refractivity contribution >= 4 is 16.7 Å². The van der Waals surface area contributed by atoms with Gasteiger partial charge in [-0.05, 0) is 37.2 Å². The summed E-state index contributed by atoms with van der Waals surface area (Å²) in [5.74, 6) is 2.29. The van der Waals surface area contributed by atoms with Gasteiger partial charge < -0.3 is 4.98 Å².